The largest absolute Gasteiger partial charge is 0.392 e. The Bertz CT molecular complexity index is 313. The number of aliphatic hydroxyl groups is 1. The van der Waals surface area contributed by atoms with E-state index in [1.807, 2.05) is 0 Å². The molecule has 1 aliphatic rings. The second-order valence-electron chi connectivity index (χ2n) is 3.14. The van der Waals surface area contributed by atoms with E-state index in [0.29, 0.717) is 0 Å². The Morgan fingerprint density at radius 1 is 1.62 bits per heavy atom. The molecule has 0 radical (unpaired) electrons. The number of nitrogens with zero attached hydrogens (tertiary/aromatic N) is 1. The fraction of sp³-hybridized carbons (Fsp3) is 0.833. The number of β-amino-alcohol motifs (C(OH)–C–C–N with tert-alkyl or cyclic N) is 1. The van der Waals surface area contributed by atoms with E-state index in [-0.39, 0.29) is 13.0 Å². The van der Waals surface area contributed by atoms with Gasteiger partial charge < -0.3 is 10.8 Å². The van der Waals surface area contributed by atoms with Crippen molar-refractivity contribution < 1.29 is 18.3 Å². The van der Waals surface area contributed by atoms with Crippen molar-refractivity contribution in [2.24, 2.45) is 5.73 Å². The number of sulfonamides is 1. The van der Waals surface area contributed by atoms with Gasteiger partial charge in [0.05, 0.1) is 12.4 Å². The first-order valence-corrected chi connectivity index (χ1v) is 5.61. The molecule has 0 aliphatic carbocycles. The number of primary amides is 1. The van der Waals surface area contributed by atoms with E-state index >= 15 is 0 Å². The first kappa shape index (κ1) is 10.4. The van der Waals surface area contributed by atoms with Crippen molar-refractivity contribution >= 4 is 15.9 Å². The average Bonchev–Trinajstić information content (AvgIpc) is 2.29. The van der Waals surface area contributed by atoms with Crippen molar-refractivity contribution in [1.82, 2.24) is 4.31 Å². The highest BCUT2D eigenvalue weighted by Crippen LogP contribution is 2.20. The summed E-state index contributed by atoms with van der Waals surface area (Å²) in [6.07, 6.45) is 0.274. The molecule has 1 amide bonds. The molecular formula is C6H12N2O4S. The van der Waals surface area contributed by atoms with Crippen molar-refractivity contribution in [3.05, 3.63) is 0 Å². The van der Waals surface area contributed by atoms with Gasteiger partial charge in [0.1, 0.15) is 6.04 Å². The van der Waals surface area contributed by atoms with Crippen LogP contribution in [0.15, 0.2) is 0 Å². The third kappa shape index (κ3) is 2.17. The average molecular weight is 208 g/mol. The van der Waals surface area contributed by atoms with Crippen LogP contribution in [0.3, 0.4) is 0 Å². The number of aliphatic hydroxyl groups excluding tert-OH is 1. The molecule has 1 saturated heterocycles. The molecular weight excluding hydrogens is 196 g/mol. The van der Waals surface area contributed by atoms with Crippen LogP contribution in [0.2, 0.25) is 0 Å². The summed E-state index contributed by atoms with van der Waals surface area (Å²) in [5, 5.41) is 9.17. The van der Waals surface area contributed by atoms with Crippen LogP contribution in [0.25, 0.3) is 0 Å². The van der Waals surface area contributed by atoms with E-state index in [1.54, 1.807) is 0 Å². The molecule has 0 spiro atoms. The Balaban J connectivity index is 2.91. The lowest BCUT2D eigenvalue weighted by atomic mass is 10.2. The fourth-order valence-corrected chi connectivity index (χ4v) is 2.50. The van der Waals surface area contributed by atoms with Crippen LogP contribution in [-0.2, 0) is 14.8 Å². The van der Waals surface area contributed by atoms with Gasteiger partial charge in [-0.1, -0.05) is 0 Å². The van der Waals surface area contributed by atoms with E-state index < -0.39 is 28.1 Å². The predicted molar refractivity (Wildman–Crippen MR) is 45.2 cm³/mol. The van der Waals surface area contributed by atoms with E-state index in [9.17, 15) is 13.2 Å². The summed E-state index contributed by atoms with van der Waals surface area (Å²) in [6.45, 7) is -0.0492. The van der Waals surface area contributed by atoms with Gasteiger partial charge in [-0.2, -0.15) is 4.31 Å². The van der Waals surface area contributed by atoms with E-state index in [0.717, 1.165) is 10.6 Å². The normalized spacial score (nSPS) is 30.6. The van der Waals surface area contributed by atoms with Gasteiger partial charge in [-0.25, -0.2) is 8.42 Å². The first-order chi connectivity index (χ1) is 5.82. The third-order valence-electron chi connectivity index (χ3n) is 1.99. The van der Waals surface area contributed by atoms with Crippen LogP contribution in [-0.4, -0.2) is 48.7 Å². The number of amides is 1. The lowest BCUT2D eigenvalue weighted by molar-refractivity contribution is -0.121. The lowest BCUT2D eigenvalue weighted by Gasteiger charge is -2.18. The Morgan fingerprint density at radius 2 is 2.15 bits per heavy atom. The molecule has 0 bridgehead atoms. The van der Waals surface area contributed by atoms with Gasteiger partial charge in [0.15, 0.2) is 0 Å². The zero-order valence-corrected chi connectivity index (χ0v) is 7.99. The Morgan fingerprint density at radius 3 is 2.46 bits per heavy atom. The highest BCUT2D eigenvalue weighted by molar-refractivity contribution is 7.88. The maximum Gasteiger partial charge on any atom is 0.235 e. The van der Waals surface area contributed by atoms with Crippen LogP contribution in [0.1, 0.15) is 6.42 Å². The minimum Gasteiger partial charge on any atom is -0.392 e. The van der Waals surface area contributed by atoms with Crippen LogP contribution < -0.4 is 5.73 Å². The van der Waals surface area contributed by atoms with Crippen LogP contribution in [0.4, 0.5) is 0 Å². The molecule has 13 heavy (non-hydrogen) atoms. The van der Waals surface area contributed by atoms with Crippen molar-refractivity contribution in [2.45, 2.75) is 18.6 Å². The summed E-state index contributed by atoms with van der Waals surface area (Å²) in [7, 11) is -3.46. The Hall–Kier alpha value is -0.660. The molecule has 1 fully saturated rings. The second kappa shape index (κ2) is 3.24. The zero-order valence-electron chi connectivity index (χ0n) is 7.17. The third-order valence-corrected chi connectivity index (χ3v) is 3.24. The maximum atomic E-state index is 11.1. The van der Waals surface area contributed by atoms with Gasteiger partial charge in [-0.15, -0.1) is 0 Å². The van der Waals surface area contributed by atoms with Crippen molar-refractivity contribution in [3.63, 3.8) is 0 Å². The Labute approximate surface area is 76.4 Å². The highest BCUT2D eigenvalue weighted by atomic mass is 32.2. The Kier molecular flexibility index (Phi) is 2.60. The fourth-order valence-electron chi connectivity index (χ4n) is 1.41. The topological polar surface area (TPSA) is 101 Å². The monoisotopic (exact) mass is 208 g/mol. The zero-order chi connectivity index (χ0) is 10.2. The number of rotatable bonds is 2. The predicted octanol–water partition coefficient (Wildman–Crippen LogP) is -2.13. The molecule has 7 heteroatoms. The summed E-state index contributed by atoms with van der Waals surface area (Å²) in [4.78, 5) is 10.8. The molecule has 0 aromatic rings. The molecule has 2 unspecified atom stereocenters. The SMILES string of the molecule is CS(=O)(=O)N1CC(O)CC1C(N)=O. The molecule has 6 nitrogen and oxygen atoms in total. The molecule has 0 aromatic heterocycles. The van der Waals surface area contributed by atoms with Gasteiger partial charge in [-0.05, 0) is 0 Å². The maximum absolute atomic E-state index is 11.1. The second-order valence-corrected chi connectivity index (χ2v) is 5.08. The molecule has 0 aromatic carbocycles. The van der Waals surface area contributed by atoms with Crippen LogP contribution in [0.5, 0.6) is 0 Å². The molecule has 1 rings (SSSR count). The van der Waals surface area contributed by atoms with Crippen LogP contribution in [0, 0.1) is 0 Å². The summed E-state index contributed by atoms with van der Waals surface area (Å²) in [5.74, 6) is -0.720. The number of hydrogen-bond acceptors (Lipinski definition) is 4. The van der Waals surface area contributed by atoms with E-state index in [2.05, 4.69) is 0 Å². The van der Waals surface area contributed by atoms with Gasteiger partial charge in [0.2, 0.25) is 15.9 Å². The van der Waals surface area contributed by atoms with Gasteiger partial charge in [0, 0.05) is 13.0 Å². The van der Waals surface area contributed by atoms with Crippen molar-refractivity contribution in [1.29, 1.82) is 0 Å². The van der Waals surface area contributed by atoms with Gasteiger partial charge in [0.25, 0.3) is 0 Å². The number of hydrogen-bond donors (Lipinski definition) is 2. The standard InChI is InChI=1S/C6H12N2O4S/c1-13(11,12)8-3-4(9)2-5(8)6(7)10/h4-5,9H,2-3H2,1H3,(H2,7,10). The van der Waals surface area contributed by atoms with Crippen molar-refractivity contribution in [3.8, 4) is 0 Å². The van der Waals surface area contributed by atoms with Crippen molar-refractivity contribution in [2.75, 3.05) is 12.8 Å². The smallest absolute Gasteiger partial charge is 0.235 e. The van der Waals surface area contributed by atoms with E-state index in [4.69, 9.17) is 10.8 Å². The van der Waals surface area contributed by atoms with Gasteiger partial charge in [-0.3, -0.25) is 4.79 Å². The molecule has 1 aliphatic heterocycles. The molecule has 1 heterocycles. The number of nitrogens with two attached hydrogens (primary N) is 1. The number of carbonyl (C=O) groups is 1. The molecule has 3 N–H and O–H groups in total. The minimum absolute atomic E-state index is 0.0492. The summed E-state index contributed by atoms with van der Waals surface area (Å²) >= 11 is 0. The molecule has 0 saturated carbocycles. The highest BCUT2D eigenvalue weighted by Gasteiger charge is 2.39. The molecule has 2 atom stereocenters. The summed E-state index contributed by atoms with van der Waals surface area (Å²) in [5.41, 5.74) is 4.99. The number of carbonyl (C=O) groups excluding carboxylic acids is 1. The summed E-state index contributed by atoms with van der Waals surface area (Å²) < 4.78 is 23.1. The lowest BCUT2D eigenvalue weighted by Crippen LogP contribution is -2.43. The molecule has 76 valence electrons. The van der Waals surface area contributed by atoms with Crippen LogP contribution >= 0.6 is 0 Å². The van der Waals surface area contributed by atoms with Gasteiger partial charge >= 0.3 is 0 Å². The van der Waals surface area contributed by atoms with E-state index in [1.165, 1.54) is 0 Å². The minimum atomic E-state index is -3.46. The first-order valence-electron chi connectivity index (χ1n) is 3.76. The summed E-state index contributed by atoms with van der Waals surface area (Å²) in [6, 6.07) is -0.898. The quantitative estimate of drug-likeness (QED) is 0.541.